The summed E-state index contributed by atoms with van der Waals surface area (Å²) < 4.78 is 11.3. The van der Waals surface area contributed by atoms with Crippen LogP contribution in [0.25, 0.3) is 11.1 Å². The summed E-state index contributed by atoms with van der Waals surface area (Å²) in [7, 11) is 1.92. The lowest BCUT2D eigenvalue weighted by molar-refractivity contribution is 0.267. The second kappa shape index (κ2) is 5.75. The van der Waals surface area contributed by atoms with Crippen LogP contribution >= 0.6 is 0 Å². The normalized spacial score (nSPS) is 10.8. The van der Waals surface area contributed by atoms with Gasteiger partial charge in [0.15, 0.2) is 12.2 Å². The highest BCUT2D eigenvalue weighted by molar-refractivity contribution is 5.73. The molecule has 102 valence electrons. The standard InChI is InChI=1S/C16H16N2O2/c1-17-10-12-7-8-14-15(9-12)20-16(18-14)11-19-13-5-3-2-4-6-13/h2-9,17H,10-11H2,1H3. The molecule has 2 aromatic carbocycles. The summed E-state index contributed by atoms with van der Waals surface area (Å²) >= 11 is 0. The molecule has 3 rings (SSSR count). The Hall–Kier alpha value is -2.33. The van der Waals surface area contributed by atoms with Gasteiger partial charge in [0.25, 0.3) is 0 Å². The molecule has 0 bridgehead atoms. The number of rotatable bonds is 5. The fourth-order valence-electron chi connectivity index (χ4n) is 2.05. The highest BCUT2D eigenvalue weighted by Gasteiger charge is 2.07. The van der Waals surface area contributed by atoms with Crippen molar-refractivity contribution in [2.24, 2.45) is 0 Å². The first kappa shape index (κ1) is 12.7. The van der Waals surface area contributed by atoms with Gasteiger partial charge in [-0.1, -0.05) is 24.3 Å². The Labute approximate surface area is 117 Å². The van der Waals surface area contributed by atoms with E-state index in [1.165, 1.54) is 5.56 Å². The van der Waals surface area contributed by atoms with Crippen molar-refractivity contribution in [3.05, 3.63) is 60.0 Å². The second-order valence-corrected chi connectivity index (χ2v) is 4.54. The van der Waals surface area contributed by atoms with Crippen molar-refractivity contribution in [2.75, 3.05) is 7.05 Å². The summed E-state index contributed by atoms with van der Waals surface area (Å²) in [4.78, 5) is 4.42. The van der Waals surface area contributed by atoms with Crippen LogP contribution in [0.15, 0.2) is 52.9 Å². The molecule has 0 saturated carbocycles. The van der Waals surface area contributed by atoms with Crippen LogP contribution in [0, 0.1) is 0 Å². The van der Waals surface area contributed by atoms with Crippen LogP contribution in [-0.2, 0) is 13.2 Å². The van der Waals surface area contributed by atoms with Gasteiger partial charge in [-0.25, -0.2) is 4.98 Å². The minimum absolute atomic E-state index is 0.333. The molecule has 0 saturated heterocycles. The van der Waals surface area contributed by atoms with Crippen molar-refractivity contribution in [1.29, 1.82) is 0 Å². The lowest BCUT2D eigenvalue weighted by Gasteiger charge is -2.01. The quantitative estimate of drug-likeness (QED) is 0.772. The van der Waals surface area contributed by atoms with Crippen molar-refractivity contribution in [2.45, 2.75) is 13.2 Å². The second-order valence-electron chi connectivity index (χ2n) is 4.54. The molecule has 0 aliphatic heterocycles. The van der Waals surface area contributed by atoms with E-state index in [0.717, 1.165) is 23.4 Å². The molecule has 4 heteroatoms. The average molecular weight is 268 g/mol. The fourth-order valence-corrected chi connectivity index (χ4v) is 2.05. The zero-order valence-corrected chi connectivity index (χ0v) is 11.3. The van der Waals surface area contributed by atoms with Crippen LogP contribution in [0.4, 0.5) is 0 Å². The third-order valence-electron chi connectivity index (χ3n) is 2.98. The Kier molecular flexibility index (Phi) is 3.65. The number of nitrogens with one attached hydrogen (secondary N) is 1. The van der Waals surface area contributed by atoms with Gasteiger partial charge in [-0.05, 0) is 36.9 Å². The summed E-state index contributed by atoms with van der Waals surface area (Å²) in [6.07, 6.45) is 0. The number of aromatic nitrogens is 1. The number of benzene rings is 2. The van der Waals surface area contributed by atoms with Gasteiger partial charge in [-0.3, -0.25) is 0 Å². The molecule has 0 atom stereocenters. The number of hydrogen-bond donors (Lipinski definition) is 1. The van der Waals surface area contributed by atoms with Crippen LogP contribution in [-0.4, -0.2) is 12.0 Å². The monoisotopic (exact) mass is 268 g/mol. The van der Waals surface area contributed by atoms with Gasteiger partial charge in [0, 0.05) is 6.54 Å². The molecule has 20 heavy (non-hydrogen) atoms. The maximum atomic E-state index is 5.71. The van der Waals surface area contributed by atoms with Gasteiger partial charge in [0.1, 0.15) is 11.3 Å². The highest BCUT2D eigenvalue weighted by atomic mass is 16.5. The van der Waals surface area contributed by atoms with Crippen molar-refractivity contribution in [3.63, 3.8) is 0 Å². The maximum absolute atomic E-state index is 5.71. The minimum Gasteiger partial charge on any atom is -0.484 e. The van der Waals surface area contributed by atoms with Gasteiger partial charge in [-0.15, -0.1) is 0 Å². The van der Waals surface area contributed by atoms with Crippen molar-refractivity contribution < 1.29 is 9.15 Å². The minimum atomic E-state index is 0.333. The Morgan fingerprint density at radius 2 is 2.00 bits per heavy atom. The molecular weight excluding hydrogens is 252 g/mol. The summed E-state index contributed by atoms with van der Waals surface area (Å²) in [5, 5.41) is 3.12. The molecule has 0 spiro atoms. The lowest BCUT2D eigenvalue weighted by Crippen LogP contribution is -2.04. The van der Waals surface area contributed by atoms with E-state index >= 15 is 0 Å². The largest absolute Gasteiger partial charge is 0.484 e. The Bertz CT molecular complexity index is 692. The van der Waals surface area contributed by atoms with Gasteiger partial charge < -0.3 is 14.5 Å². The zero-order chi connectivity index (χ0) is 13.8. The van der Waals surface area contributed by atoms with E-state index in [2.05, 4.69) is 10.3 Å². The number of para-hydroxylation sites is 1. The molecule has 0 amide bonds. The van der Waals surface area contributed by atoms with Crippen LogP contribution in [0.1, 0.15) is 11.5 Å². The number of ether oxygens (including phenoxy) is 1. The average Bonchev–Trinajstić information content (AvgIpc) is 2.89. The molecule has 0 radical (unpaired) electrons. The summed E-state index contributed by atoms with van der Waals surface area (Å²) in [5.74, 6) is 1.40. The predicted octanol–water partition coefficient (Wildman–Crippen LogP) is 3.13. The van der Waals surface area contributed by atoms with E-state index in [1.54, 1.807) is 0 Å². The molecule has 0 unspecified atom stereocenters. The zero-order valence-electron chi connectivity index (χ0n) is 11.3. The van der Waals surface area contributed by atoms with E-state index in [1.807, 2.05) is 55.6 Å². The van der Waals surface area contributed by atoms with Crippen LogP contribution < -0.4 is 10.1 Å². The molecule has 3 aromatic rings. The maximum Gasteiger partial charge on any atom is 0.233 e. The fraction of sp³-hybridized carbons (Fsp3) is 0.188. The van der Waals surface area contributed by atoms with E-state index in [9.17, 15) is 0 Å². The number of hydrogen-bond acceptors (Lipinski definition) is 4. The third-order valence-corrected chi connectivity index (χ3v) is 2.98. The number of nitrogens with zero attached hydrogens (tertiary/aromatic N) is 1. The van der Waals surface area contributed by atoms with Crippen molar-refractivity contribution >= 4 is 11.1 Å². The molecule has 0 aliphatic rings. The van der Waals surface area contributed by atoms with Crippen molar-refractivity contribution in [1.82, 2.24) is 10.3 Å². The molecular formula is C16H16N2O2. The Balaban J connectivity index is 1.75. The van der Waals surface area contributed by atoms with E-state index in [-0.39, 0.29) is 0 Å². The van der Waals surface area contributed by atoms with Gasteiger partial charge in [-0.2, -0.15) is 0 Å². The Morgan fingerprint density at radius 1 is 1.15 bits per heavy atom. The molecule has 4 nitrogen and oxygen atoms in total. The van der Waals surface area contributed by atoms with Crippen LogP contribution in [0.2, 0.25) is 0 Å². The topological polar surface area (TPSA) is 47.3 Å². The van der Waals surface area contributed by atoms with Gasteiger partial charge in [0.2, 0.25) is 5.89 Å². The first-order valence-corrected chi connectivity index (χ1v) is 6.56. The van der Waals surface area contributed by atoms with Crippen LogP contribution in [0.5, 0.6) is 5.75 Å². The lowest BCUT2D eigenvalue weighted by atomic mass is 10.2. The smallest absolute Gasteiger partial charge is 0.233 e. The van der Waals surface area contributed by atoms with Gasteiger partial charge in [0.05, 0.1) is 0 Å². The SMILES string of the molecule is CNCc1ccc2nc(COc3ccccc3)oc2c1. The molecule has 0 aliphatic carbocycles. The predicted molar refractivity (Wildman–Crippen MR) is 77.5 cm³/mol. The third kappa shape index (κ3) is 2.81. The van der Waals surface area contributed by atoms with Crippen LogP contribution in [0.3, 0.4) is 0 Å². The van der Waals surface area contributed by atoms with E-state index in [0.29, 0.717) is 12.5 Å². The number of fused-ring (bicyclic) bond motifs is 1. The van der Waals surface area contributed by atoms with Gasteiger partial charge >= 0.3 is 0 Å². The van der Waals surface area contributed by atoms with E-state index in [4.69, 9.17) is 9.15 Å². The molecule has 1 N–H and O–H groups in total. The first-order valence-electron chi connectivity index (χ1n) is 6.56. The van der Waals surface area contributed by atoms with E-state index < -0.39 is 0 Å². The molecule has 1 aromatic heterocycles. The molecule has 0 fully saturated rings. The summed E-state index contributed by atoms with van der Waals surface area (Å²) in [5.41, 5.74) is 2.83. The summed E-state index contributed by atoms with van der Waals surface area (Å²) in [6, 6.07) is 15.7. The number of oxazole rings is 1. The highest BCUT2D eigenvalue weighted by Crippen LogP contribution is 2.19. The molecule has 1 heterocycles. The van der Waals surface area contributed by atoms with Crippen molar-refractivity contribution in [3.8, 4) is 5.75 Å². The Morgan fingerprint density at radius 3 is 2.80 bits per heavy atom. The summed E-state index contributed by atoms with van der Waals surface area (Å²) in [6.45, 7) is 1.15. The first-order chi connectivity index (χ1) is 9.85.